The summed E-state index contributed by atoms with van der Waals surface area (Å²) >= 11 is 0. The van der Waals surface area contributed by atoms with E-state index in [1.165, 1.54) is 11.6 Å². The summed E-state index contributed by atoms with van der Waals surface area (Å²) in [6.07, 6.45) is 0. The Morgan fingerprint density at radius 2 is 1.94 bits per heavy atom. The van der Waals surface area contributed by atoms with Gasteiger partial charge >= 0.3 is 5.69 Å². The monoisotopic (exact) mass is 254 g/mol. The number of aromatic nitrogens is 2. The molecular weight excluding hydrogens is 236 g/mol. The number of aromatic amines is 1. The minimum atomic E-state index is -0.798. The van der Waals surface area contributed by atoms with Crippen LogP contribution in [0.1, 0.15) is 13.8 Å². The topological polar surface area (TPSA) is 104 Å². The quantitative estimate of drug-likeness (QED) is 0.619. The van der Waals surface area contributed by atoms with Crippen molar-refractivity contribution in [2.24, 2.45) is 13.0 Å². The molecule has 2 heterocycles. The first-order chi connectivity index (χ1) is 8.26. The molecule has 0 amide bonds. The molecule has 0 radical (unpaired) electrons. The number of hydrogen-bond acceptors (Lipinski definition) is 5. The maximum atomic E-state index is 11.8. The predicted octanol–water partition coefficient (Wildman–Crippen LogP) is -1.14. The second kappa shape index (κ2) is 3.88. The summed E-state index contributed by atoms with van der Waals surface area (Å²) in [7, 11) is 1.49. The number of H-pyrrole nitrogens is 1. The summed E-state index contributed by atoms with van der Waals surface area (Å²) in [4.78, 5) is 27.0. The first-order valence-corrected chi connectivity index (χ1v) is 5.82. The van der Waals surface area contributed by atoms with E-state index >= 15 is 0 Å². The van der Waals surface area contributed by atoms with E-state index in [1.54, 1.807) is 4.90 Å². The summed E-state index contributed by atoms with van der Waals surface area (Å²) in [6.45, 7) is 4.53. The van der Waals surface area contributed by atoms with Crippen LogP contribution in [0, 0.1) is 5.92 Å². The van der Waals surface area contributed by atoms with E-state index in [0.29, 0.717) is 13.1 Å². The zero-order valence-corrected chi connectivity index (χ0v) is 10.7. The van der Waals surface area contributed by atoms with Gasteiger partial charge < -0.3 is 15.7 Å². The minimum absolute atomic E-state index is 0.0987. The molecule has 0 aromatic carbocycles. The Labute approximate surface area is 104 Å². The van der Waals surface area contributed by atoms with Crippen LogP contribution < -0.4 is 21.9 Å². The number of rotatable bonds is 2. The fourth-order valence-corrected chi connectivity index (χ4v) is 2.07. The molecule has 0 aliphatic carbocycles. The molecule has 1 aromatic heterocycles. The van der Waals surface area contributed by atoms with E-state index in [-0.39, 0.29) is 17.4 Å². The van der Waals surface area contributed by atoms with Crippen molar-refractivity contribution in [2.75, 3.05) is 23.7 Å². The van der Waals surface area contributed by atoms with Gasteiger partial charge in [-0.2, -0.15) is 0 Å². The molecule has 100 valence electrons. The number of anilines is 2. The van der Waals surface area contributed by atoms with Crippen LogP contribution in [0.2, 0.25) is 0 Å². The second-order valence-electron chi connectivity index (χ2n) is 5.17. The molecule has 18 heavy (non-hydrogen) atoms. The van der Waals surface area contributed by atoms with Crippen molar-refractivity contribution >= 4 is 11.5 Å². The molecule has 1 fully saturated rings. The maximum absolute atomic E-state index is 11.8. The molecule has 2 rings (SSSR count). The van der Waals surface area contributed by atoms with Crippen molar-refractivity contribution in [1.29, 1.82) is 0 Å². The van der Waals surface area contributed by atoms with Crippen LogP contribution in [0.25, 0.3) is 0 Å². The highest BCUT2D eigenvalue weighted by atomic mass is 16.3. The molecule has 1 aliphatic rings. The summed E-state index contributed by atoms with van der Waals surface area (Å²) < 4.78 is 1.18. The lowest BCUT2D eigenvalue weighted by Gasteiger charge is -2.50. The van der Waals surface area contributed by atoms with Crippen molar-refractivity contribution in [3.8, 4) is 0 Å². The van der Waals surface area contributed by atoms with Gasteiger partial charge in [0, 0.05) is 20.1 Å². The molecule has 0 atom stereocenters. The van der Waals surface area contributed by atoms with Crippen LogP contribution in [-0.4, -0.2) is 33.3 Å². The molecule has 1 saturated heterocycles. The van der Waals surface area contributed by atoms with Gasteiger partial charge in [0.15, 0.2) is 0 Å². The number of β-amino-alcohol motifs (C(OH)–C–C–N with tert-alkyl or cyclic N) is 1. The van der Waals surface area contributed by atoms with Crippen LogP contribution in [0.5, 0.6) is 0 Å². The van der Waals surface area contributed by atoms with Gasteiger partial charge in [-0.15, -0.1) is 0 Å². The number of nitrogens with two attached hydrogens (primary N) is 1. The number of aliphatic hydroxyl groups is 1. The third-order valence-electron chi connectivity index (χ3n) is 3.66. The predicted molar refractivity (Wildman–Crippen MR) is 68.7 cm³/mol. The first kappa shape index (κ1) is 12.7. The summed E-state index contributed by atoms with van der Waals surface area (Å²) in [5.74, 6) is 0.219. The Morgan fingerprint density at radius 1 is 1.39 bits per heavy atom. The van der Waals surface area contributed by atoms with Gasteiger partial charge in [-0.3, -0.25) is 14.3 Å². The van der Waals surface area contributed by atoms with E-state index in [1.807, 2.05) is 13.8 Å². The van der Waals surface area contributed by atoms with Crippen molar-refractivity contribution in [1.82, 2.24) is 9.55 Å². The molecule has 0 spiro atoms. The zero-order valence-electron chi connectivity index (χ0n) is 10.7. The zero-order chi connectivity index (χ0) is 13.7. The molecule has 0 unspecified atom stereocenters. The lowest BCUT2D eigenvalue weighted by atomic mass is 9.83. The smallest absolute Gasteiger partial charge is 0.329 e. The number of nitrogens with zero attached hydrogens (tertiary/aromatic N) is 2. The normalized spacial score (nSPS) is 17.9. The molecule has 7 nitrogen and oxygen atoms in total. The summed E-state index contributed by atoms with van der Waals surface area (Å²) in [6, 6.07) is 0. The summed E-state index contributed by atoms with van der Waals surface area (Å²) in [5, 5.41) is 10.2. The van der Waals surface area contributed by atoms with E-state index in [2.05, 4.69) is 4.98 Å². The fourth-order valence-electron chi connectivity index (χ4n) is 2.07. The van der Waals surface area contributed by atoms with Gasteiger partial charge in [-0.05, 0) is 5.92 Å². The van der Waals surface area contributed by atoms with Crippen LogP contribution in [-0.2, 0) is 7.05 Å². The third kappa shape index (κ3) is 1.71. The number of nitrogens with one attached hydrogen (secondary N) is 1. The standard InChI is InChI=1S/C11H18N4O3/c1-6(2)11(18)4-15(5-11)7-8(12)14(3)10(17)13-9(7)16/h6,18H,4-5,12H2,1-3H3,(H,13,16,17). The van der Waals surface area contributed by atoms with E-state index in [9.17, 15) is 14.7 Å². The molecular formula is C11H18N4O3. The Balaban J connectivity index is 2.36. The van der Waals surface area contributed by atoms with Crippen LogP contribution in [0.15, 0.2) is 9.59 Å². The highest BCUT2D eigenvalue weighted by Gasteiger charge is 2.45. The lowest BCUT2D eigenvalue weighted by molar-refractivity contribution is -0.0301. The molecule has 1 aromatic rings. The first-order valence-electron chi connectivity index (χ1n) is 5.82. The van der Waals surface area contributed by atoms with Gasteiger partial charge in [0.05, 0.1) is 0 Å². The van der Waals surface area contributed by atoms with Crippen molar-refractivity contribution in [3.63, 3.8) is 0 Å². The third-order valence-corrected chi connectivity index (χ3v) is 3.66. The van der Waals surface area contributed by atoms with E-state index < -0.39 is 16.9 Å². The SMILES string of the molecule is CC(C)C1(O)CN(c2c(N)n(C)c(=O)[nH]c2=O)C1. The van der Waals surface area contributed by atoms with Gasteiger partial charge in [-0.25, -0.2) is 4.79 Å². The highest BCUT2D eigenvalue weighted by molar-refractivity contribution is 5.64. The maximum Gasteiger partial charge on any atom is 0.329 e. The molecule has 1 aliphatic heterocycles. The van der Waals surface area contributed by atoms with Gasteiger partial charge in [0.1, 0.15) is 17.1 Å². The Hall–Kier alpha value is -1.76. The second-order valence-corrected chi connectivity index (χ2v) is 5.17. The molecule has 4 N–H and O–H groups in total. The number of hydrogen-bond donors (Lipinski definition) is 3. The van der Waals surface area contributed by atoms with E-state index in [0.717, 1.165) is 0 Å². The average Bonchev–Trinajstić information content (AvgIpc) is 2.23. The molecule has 7 heteroatoms. The Kier molecular flexibility index (Phi) is 2.73. The van der Waals surface area contributed by atoms with Crippen LogP contribution in [0.3, 0.4) is 0 Å². The Morgan fingerprint density at radius 3 is 2.44 bits per heavy atom. The van der Waals surface area contributed by atoms with E-state index in [4.69, 9.17) is 5.73 Å². The average molecular weight is 254 g/mol. The van der Waals surface area contributed by atoms with Crippen LogP contribution >= 0.6 is 0 Å². The van der Waals surface area contributed by atoms with Crippen molar-refractivity contribution in [3.05, 3.63) is 20.8 Å². The van der Waals surface area contributed by atoms with Crippen molar-refractivity contribution < 1.29 is 5.11 Å². The molecule has 0 saturated carbocycles. The van der Waals surface area contributed by atoms with Gasteiger partial charge in [0.25, 0.3) is 5.56 Å². The Bertz CT molecular complexity index is 581. The van der Waals surface area contributed by atoms with Crippen molar-refractivity contribution in [2.45, 2.75) is 19.4 Å². The minimum Gasteiger partial charge on any atom is -0.386 e. The number of nitrogen functional groups attached to an aromatic ring is 1. The van der Waals surface area contributed by atoms with Gasteiger partial charge in [0.2, 0.25) is 0 Å². The largest absolute Gasteiger partial charge is 0.386 e. The lowest BCUT2D eigenvalue weighted by Crippen LogP contribution is -2.66. The summed E-state index contributed by atoms with van der Waals surface area (Å²) in [5.41, 5.74) is 4.18. The highest BCUT2D eigenvalue weighted by Crippen LogP contribution is 2.32. The van der Waals surface area contributed by atoms with Gasteiger partial charge in [-0.1, -0.05) is 13.8 Å². The van der Waals surface area contributed by atoms with Crippen LogP contribution in [0.4, 0.5) is 11.5 Å². The fraction of sp³-hybridized carbons (Fsp3) is 0.636. The molecule has 0 bridgehead atoms.